The maximum Gasteiger partial charge on any atom is 0.255 e. The minimum Gasteiger partial charge on any atom is -0.389 e. The zero-order valence-corrected chi connectivity index (χ0v) is 12.4. The van der Waals surface area contributed by atoms with Crippen LogP contribution < -0.4 is 11.1 Å². The van der Waals surface area contributed by atoms with Gasteiger partial charge in [0, 0.05) is 21.8 Å². The predicted octanol–water partition coefficient (Wildman–Crippen LogP) is 3.53. The highest BCUT2D eigenvalue weighted by atomic mass is 35.5. The van der Waals surface area contributed by atoms with Crippen molar-refractivity contribution in [1.82, 2.24) is 0 Å². The second-order valence-corrected chi connectivity index (χ2v) is 5.23. The van der Waals surface area contributed by atoms with E-state index in [9.17, 15) is 4.79 Å². The molecule has 0 aliphatic heterocycles. The van der Waals surface area contributed by atoms with E-state index in [0.717, 1.165) is 11.1 Å². The van der Waals surface area contributed by atoms with Crippen LogP contribution in [0.25, 0.3) is 0 Å². The smallest absolute Gasteiger partial charge is 0.255 e. The molecule has 2 rings (SSSR count). The minimum atomic E-state index is -0.201. The highest BCUT2D eigenvalue weighted by Crippen LogP contribution is 2.17. The molecule has 0 radical (unpaired) electrons. The van der Waals surface area contributed by atoms with Gasteiger partial charge in [0.05, 0.1) is 0 Å². The van der Waals surface area contributed by atoms with Gasteiger partial charge in [0.2, 0.25) is 0 Å². The molecule has 0 fully saturated rings. The van der Waals surface area contributed by atoms with Crippen molar-refractivity contribution >= 4 is 40.4 Å². The highest BCUT2D eigenvalue weighted by molar-refractivity contribution is 7.80. The number of hydrogen-bond acceptors (Lipinski definition) is 2. The number of nitrogens with one attached hydrogen (secondary N) is 1. The summed E-state index contributed by atoms with van der Waals surface area (Å²) in [5, 5.41) is 3.34. The average Bonchev–Trinajstić information content (AvgIpc) is 2.42. The van der Waals surface area contributed by atoms with Crippen molar-refractivity contribution in [3.63, 3.8) is 0 Å². The van der Waals surface area contributed by atoms with Crippen molar-refractivity contribution in [3.8, 4) is 0 Å². The maximum absolute atomic E-state index is 12.2. The highest BCUT2D eigenvalue weighted by Gasteiger charge is 2.10. The van der Waals surface area contributed by atoms with Crippen LogP contribution in [0.3, 0.4) is 0 Å². The van der Waals surface area contributed by atoms with E-state index in [-0.39, 0.29) is 5.91 Å². The summed E-state index contributed by atoms with van der Waals surface area (Å²) >= 11 is 10.8. The molecule has 0 saturated carbocycles. The Morgan fingerprint density at radius 1 is 1.20 bits per heavy atom. The second kappa shape index (κ2) is 6.03. The number of thiocarbonyl (C=S) groups is 1. The molecule has 0 aliphatic carbocycles. The molecule has 0 atom stereocenters. The fraction of sp³-hybridized carbons (Fsp3) is 0.0667. The van der Waals surface area contributed by atoms with Crippen LogP contribution in [0.1, 0.15) is 21.5 Å². The number of carbonyl (C=O) groups excluding carboxylic acids is 1. The summed E-state index contributed by atoms with van der Waals surface area (Å²) in [7, 11) is 0. The number of benzene rings is 2. The molecule has 5 heteroatoms. The number of aryl methyl sites for hydroxylation is 1. The Bertz CT molecular complexity index is 668. The lowest BCUT2D eigenvalue weighted by Crippen LogP contribution is -2.14. The van der Waals surface area contributed by atoms with Crippen molar-refractivity contribution < 1.29 is 4.79 Å². The van der Waals surface area contributed by atoms with Crippen LogP contribution in [0.2, 0.25) is 5.02 Å². The summed E-state index contributed by atoms with van der Waals surface area (Å²) in [4.78, 5) is 12.5. The second-order valence-electron chi connectivity index (χ2n) is 4.35. The van der Waals surface area contributed by atoms with Gasteiger partial charge in [-0.05, 0) is 48.9 Å². The molecule has 0 heterocycles. The van der Waals surface area contributed by atoms with E-state index in [1.807, 2.05) is 13.0 Å². The van der Waals surface area contributed by atoms with E-state index in [0.29, 0.717) is 21.3 Å². The van der Waals surface area contributed by atoms with Gasteiger partial charge in [0.25, 0.3) is 5.91 Å². The average molecular weight is 305 g/mol. The fourth-order valence-electron chi connectivity index (χ4n) is 1.76. The third-order valence-corrected chi connectivity index (χ3v) is 3.34. The maximum atomic E-state index is 12.2. The molecular weight excluding hydrogens is 292 g/mol. The van der Waals surface area contributed by atoms with Crippen molar-refractivity contribution in [1.29, 1.82) is 0 Å². The van der Waals surface area contributed by atoms with Crippen LogP contribution in [0.4, 0.5) is 5.69 Å². The first-order valence-corrected chi connectivity index (χ1v) is 6.73. The van der Waals surface area contributed by atoms with E-state index in [2.05, 4.69) is 5.32 Å². The summed E-state index contributed by atoms with van der Waals surface area (Å²) < 4.78 is 0. The van der Waals surface area contributed by atoms with Crippen molar-refractivity contribution in [2.75, 3.05) is 5.32 Å². The van der Waals surface area contributed by atoms with E-state index >= 15 is 0 Å². The van der Waals surface area contributed by atoms with Gasteiger partial charge in [0.1, 0.15) is 4.99 Å². The number of amides is 1. The number of nitrogens with two attached hydrogens (primary N) is 1. The molecule has 0 spiro atoms. The molecule has 0 aromatic heterocycles. The number of rotatable bonds is 3. The fourth-order valence-corrected chi connectivity index (χ4v) is 2.06. The van der Waals surface area contributed by atoms with E-state index in [1.54, 1.807) is 36.4 Å². The van der Waals surface area contributed by atoms with Crippen LogP contribution in [-0.2, 0) is 0 Å². The van der Waals surface area contributed by atoms with Gasteiger partial charge in [-0.15, -0.1) is 0 Å². The van der Waals surface area contributed by atoms with Crippen LogP contribution in [0, 0.1) is 6.92 Å². The number of halogens is 1. The molecule has 102 valence electrons. The zero-order valence-electron chi connectivity index (χ0n) is 10.8. The lowest BCUT2D eigenvalue weighted by atomic mass is 10.1. The first kappa shape index (κ1) is 14.5. The quantitative estimate of drug-likeness (QED) is 0.853. The van der Waals surface area contributed by atoms with Crippen LogP contribution in [-0.4, -0.2) is 10.9 Å². The lowest BCUT2D eigenvalue weighted by Gasteiger charge is -2.08. The summed E-state index contributed by atoms with van der Waals surface area (Å²) in [6.07, 6.45) is 0. The molecule has 3 N–H and O–H groups in total. The first-order valence-electron chi connectivity index (χ1n) is 5.95. The molecule has 20 heavy (non-hydrogen) atoms. The monoisotopic (exact) mass is 304 g/mol. The van der Waals surface area contributed by atoms with Gasteiger partial charge in [-0.1, -0.05) is 29.9 Å². The molecule has 0 unspecified atom stereocenters. The van der Waals surface area contributed by atoms with Gasteiger partial charge in [0.15, 0.2) is 0 Å². The van der Waals surface area contributed by atoms with Crippen LogP contribution in [0.15, 0.2) is 42.5 Å². The number of anilines is 1. The molecule has 1 amide bonds. The van der Waals surface area contributed by atoms with Crippen molar-refractivity contribution in [3.05, 3.63) is 64.2 Å². The minimum absolute atomic E-state index is 0.201. The van der Waals surface area contributed by atoms with E-state index < -0.39 is 0 Å². The number of carbonyl (C=O) groups is 1. The van der Waals surface area contributed by atoms with Crippen LogP contribution in [0.5, 0.6) is 0 Å². The van der Waals surface area contributed by atoms with Gasteiger partial charge in [-0.2, -0.15) is 0 Å². The topological polar surface area (TPSA) is 55.1 Å². The molecule has 2 aromatic carbocycles. The van der Waals surface area contributed by atoms with Crippen molar-refractivity contribution in [2.24, 2.45) is 5.73 Å². The molecule has 3 nitrogen and oxygen atoms in total. The standard InChI is InChI=1S/C15H13ClN2OS/c1-9-2-5-11(16)8-13(9)15(19)18-12-6-3-10(4-7-12)14(17)20/h2-8H,1H3,(H2,17,20)(H,18,19). The van der Waals surface area contributed by atoms with E-state index in [4.69, 9.17) is 29.6 Å². The SMILES string of the molecule is Cc1ccc(Cl)cc1C(=O)Nc1ccc(C(N)=S)cc1. The summed E-state index contributed by atoms with van der Waals surface area (Å²) in [5.41, 5.74) is 8.38. The number of hydrogen-bond donors (Lipinski definition) is 2. The molecule has 0 aliphatic rings. The Hall–Kier alpha value is -1.91. The Morgan fingerprint density at radius 2 is 1.85 bits per heavy atom. The predicted molar refractivity (Wildman–Crippen MR) is 86.5 cm³/mol. The van der Waals surface area contributed by atoms with Crippen molar-refractivity contribution in [2.45, 2.75) is 6.92 Å². The zero-order chi connectivity index (χ0) is 14.7. The third-order valence-electron chi connectivity index (χ3n) is 2.87. The Kier molecular flexibility index (Phi) is 4.37. The summed E-state index contributed by atoms with van der Waals surface area (Å²) in [6.45, 7) is 1.86. The Labute approximate surface area is 127 Å². The normalized spacial score (nSPS) is 10.1. The molecular formula is C15H13ClN2OS. The molecule has 0 saturated heterocycles. The van der Waals surface area contributed by atoms with Gasteiger partial charge >= 0.3 is 0 Å². The first-order chi connectivity index (χ1) is 9.47. The third kappa shape index (κ3) is 3.35. The van der Waals surface area contributed by atoms with Gasteiger partial charge in [-0.3, -0.25) is 4.79 Å². The van der Waals surface area contributed by atoms with Crippen LogP contribution >= 0.6 is 23.8 Å². The van der Waals surface area contributed by atoms with E-state index in [1.165, 1.54) is 0 Å². The lowest BCUT2D eigenvalue weighted by molar-refractivity contribution is 0.102. The van der Waals surface area contributed by atoms with Gasteiger partial charge < -0.3 is 11.1 Å². The summed E-state index contributed by atoms with van der Waals surface area (Å²) in [6, 6.07) is 12.3. The summed E-state index contributed by atoms with van der Waals surface area (Å²) in [5.74, 6) is -0.201. The van der Waals surface area contributed by atoms with Gasteiger partial charge in [-0.25, -0.2) is 0 Å². The Morgan fingerprint density at radius 3 is 2.45 bits per heavy atom. The molecule has 2 aromatic rings. The largest absolute Gasteiger partial charge is 0.389 e. The Balaban J connectivity index is 2.19. The molecule has 0 bridgehead atoms.